The maximum Gasteiger partial charge on any atom is 0.147 e. The van der Waals surface area contributed by atoms with Crippen molar-refractivity contribution in [2.75, 3.05) is 37.1 Å². The number of thioether (sulfide) groups is 1. The summed E-state index contributed by atoms with van der Waals surface area (Å²) < 4.78 is 22.0. The van der Waals surface area contributed by atoms with Crippen molar-refractivity contribution in [3.05, 3.63) is 0 Å². The molecule has 0 amide bonds. The minimum atomic E-state index is -2.84. The third kappa shape index (κ3) is 5.03. The molecule has 0 aliphatic carbocycles. The van der Waals surface area contributed by atoms with Crippen LogP contribution in [-0.4, -0.2) is 62.5 Å². The fraction of sp³-hybridized carbons (Fsp3) is 1.00. The van der Waals surface area contributed by atoms with Crippen LogP contribution in [0.4, 0.5) is 0 Å². The van der Waals surface area contributed by atoms with Crippen molar-refractivity contribution in [1.29, 1.82) is 0 Å². The van der Waals surface area contributed by atoms with Gasteiger partial charge in [-0.25, -0.2) is 8.42 Å². The Hall–Kier alpha value is 0.220. The predicted molar refractivity (Wildman–Crippen MR) is 70.7 cm³/mol. The molecule has 96 valence electrons. The SMILES string of the molecule is CN1CCSCC1C(N)CCCS(C)(=O)=O. The van der Waals surface area contributed by atoms with Gasteiger partial charge >= 0.3 is 0 Å². The molecular formula is C10H22N2O2S2. The second-order valence-corrected chi connectivity index (χ2v) is 7.97. The van der Waals surface area contributed by atoms with Crippen LogP contribution < -0.4 is 5.73 Å². The summed E-state index contributed by atoms with van der Waals surface area (Å²) in [6.07, 6.45) is 2.75. The Bertz CT molecular complexity index is 306. The van der Waals surface area contributed by atoms with Gasteiger partial charge in [-0.1, -0.05) is 0 Å². The monoisotopic (exact) mass is 266 g/mol. The van der Waals surface area contributed by atoms with Gasteiger partial charge in [-0.15, -0.1) is 0 Å². The first-order chi connectivity index (χ1) is 7.40. The lowest BCUT2D eigenvalue weighted by molar-refractivity contribution is 0.230. The highest BCUT2D eigenvalue weighted by Crippen LogP contribution is 2.18. The summed E-state index contributed by atoms with van der Waals surface area (Å²) in [5.74, 6) is 2.49. The summed E-state index contributed by atoms with van der Waals surface area (Å²) in [6, 6.07) is 0.498. The van der Waals surface area contributed by atoms with Crippen LogP contribution in [0.2, 0.25) is 0 Å². The molecule has 0 aromatic carbocycles. The average Bonchev–Trinajstić information content (AvgIpc) is 2.16. The van der Waals surface area contributed by atoms with Gasteiger partial charge in [-0.3, -0.25) is 0 Å². The third-order valence-electron chi connectivity index (χ3n) is 2.99. The van der Waals surface area contributed by atoms with Gasteiger partial charge in [-0.2, -0.15) is 11.8 Å². The first-order valence-electron chi connectivity index (χ1n) is 5.61. The molecule has 0 aromatic heterocycles. The Morgan fingerprint density at radius 1 is 1.56 bits per heavy atom. The molecule has 1 rings (SSSR count). The van der Waals surface area contributed by atoms with Crippen molar-refractivity contribution in [3.63, 3.8) is 0 Å². The van der Waals surface area contributed by atoms with Gasteiger partial charge in [0, 0.05) is 42.1 Å². The van der Waals surface area contributed by atoms with Crippen molar-refractivity contribution >= 4 is 21.6 Å². The normalized spacial score (nSPS) is 25.6. The largest absolute Gasteiger partial charge is 0.326 e. The third-order valence-corrected chi connectivity index (χ3v) is 5.07. The summed E-state index contributed by atoms with van der Waals surface area (Å²) >= 11 is 1.93. The number of likely N-dealkylation sites (N-methyl/N-ethyl adjacent to an activating group) is 1. The van der Waals surface area contributed by atoms with Crippen molar-refractivity contribution < 1.29 is 8.42 Å². The van der Waals surface area contributed by atoms with Crippen LogP contribution in [0.25, 0.3) is 0 Å². The van der Waals surface area contributed by atoms with Crippen LogP contribution in [-0.2, 0) is 9.84 Å². The molecule has 16 heavy (non-hydrogen) atoms. The molecule has 0 bridgehead atoms. The van der Waals surface area contributed by atoms with Gasteiger partial charge in [0.05, 0.1) is 0 Å². The highest BCUT2D eigenvalue weighted by atomic mass is 32.2. The van der Waals surface area contributed by atoms with Crippen molar-refractivity contribution in [2.45, 2.75) is 24.9 Å². The fourth-order valence-electron chi connectivity index (χ4n) is 1.93. The predicted octanol–water partition coefficient (Wildman–Crippen LogP) is 0.186. The summed E-state index contributed by atoms with van der Waals surface area (Å²) in [4.78, 5) is 2.29. The topological polar surface area (TPSA) is 63.4 Å². The first kappa shape index (κ1) is 14.3. The molecule has 1 aliphatic heterocycles. The van der Waals surface area contributed by atoms with E-state index in [0.717, 1.165) is 18.7 Å². The summed E-state index contributed by atoms with van der Waals surface area (Å²) in [6.45, 7) is 1.08. The minimum absolute atomic E-state index is 0.0968. The van der Waals surface area contributed by atoms with E-state index in [1.165, 1.54) is 12.0 Å². The van der Waals surface area contributed by atoms with E-state index in [2.05, 4.69) is 11.9 Å². The number of nitrogens with two attached hydrogens (primary N) is 1. The van der Waals surface area contributed by atoms with Crippen LogP contribution in [0.15, 0.2) is 0 Å². The molecule has 1 aliphatic rings. The Labute approximate surface area is 103 Å². The van der Waals surface area contributed by atoms with Crippen LogP contribution in [0.1, 0.15) is 12.8 Å². The Balaban J connectivity index is 2.31. The molecule has 0 spiro atoms. The van der Waals surface area contributed by atoms with Gasteiger partial charge in [0.2, 0.25) is 0 Å². The van der Waals surface area contributed by atoms with Crippen molar-refractivity contribution in [2.24, 2.45) is 5.73 Å². The van der Waals surface area contributed by atoms with E-state index >= 15 is 0 Å². The van der Waals surface area contributed by atoms with Gasteiger partial charge < -0.3 is 10.6 Å². The lowest BCUT2D eigenvalue weighted by Crippen LogP contribution is -2.50. The lowest BCUT2D eigenvalue weighted by Gasteiger charge is -2.36. The molecule has 0 saturated carbocycles. The molecule has 6 heteroatoms. The molecule has 0 aromatic rings. The second kappa shape index (κ2) is 6.23. The molecular weight excluding hydrogens is 244 g/mol. The van der Waals surface area contributed by atoms with Crippen LogP contribution in [0.5, 0.6) is 0 Å². The highest BCUT2D eigenvalue weighted by molar-refractivity contribution is 7.99. The number of nitrogens with zero attached hydrogens (tertiary/aromatic N) is 1. The first-order valence-corrected chi connectivity index (χ1v) is 8.83. The fourth-order valence-corrected chi connectivity index (χ4v) is 3.95. The zero-order chi connectivity index (χ0) is 12.2. The van der Waals surface area contributed by atoms with Gasteiger partial charge in [0.25, 0.3) is 0 Å². The van der Waals surface area contributed by atoms with E-state index in [0.29, 0.717) is 12.5 Å². The highest BCUT2D eigenvalue weighted by Gasteiger charge is 2.25. The van der Waals surface area contributed by atoms with Gasteiger partial charge in [0.1, 0.15) is 9.84 Å². The Kier molecular flexibility index (Phi) is 5.56. The standard InChI is InChI=1S/C10H22N2O2S2/c1-12-5-6-15-8-10(12)9(11)4-3-7-16(2,13)14/h9-10H,3-8,11H2,1-2H3. The van der Waals surface area contributed by atoms with E-state index in [1.54, 1.807) is 0 Å². The summed E-state index contributed by atoms with van der Waals surface area (Å²) in [5.41, 5.74) is 6.12. The van der Waals surface area contributed by atoms with E-state index in [4.69, 9.17) is 5.73 Å². The van der Waals surface area contributed by atoms with Crippen LogP contribution in [0.3, 0.4) is 0 Å². The molecule has 4 nitrogen and oxygen atoms in total. The van der Waals surface area contributed by atoms with Crippen molar-refractivity contribution in [3.8, 4) is 0 Å². The van der Waals surface area contributed by atoms with E-state index in [1.807, 2.05) is 11.8 Å². The maximum atomic E-state index is 11.0. The van der Waals surface area contributed by atoms with E-state index in [-0.39, 0.29) is 11.8 Å². The van der Waals surface area contributed by atoms with Crippen LogP contribution >= 0.6 is 11.8 Å². The molecule has 1 saturated heterocycles. The second-order valence-electron chi connectivity index (χ2n) is 4.56. The van der Waals surface area contributed by atoms with Gasteiger partial charge in [0.15, 0.2) is 0 Å². The minimum Gasteiger partial charge on any atom is -0.326 e. The average molecular weight is 266 g/mol. The Morgan fingerprint density at radius 3 is 2.81 bits per heavy atom. The van der Waals surface area contributed by atoms with Crippen LogP contribution in [0, 0.1) is 0 Å². The Morgan fingerprint density at radius 2 is 2.25 bits per heavy atom. The maximum absolute atomic E-state index is 11.0. The zero-order valence-electron chi connectivity index (χ0n) is 10.1. The molecule has 0 radical (unpaired) electrons. The summed E-state index contributed by atoms with van der Waals surface area (Å²) in [7, 11) is -0.740. The number of hydrogen-bond acceptors (Lipinski definition) is 5. The zero-order valence-corrected chi connectivity index (χ0v) is 11.7. The number of hydrogen-bond donors (Lipinski definition) is 1. The molecule has 2 atom stereocenters. The van der Waals surface area contributed by atoms with E-state index < -0.39 is 9.84 Å². The molecule has 2 unspecified atom stereocenters. The van der Waals surface area contributed by atoms with Crippen molar-refractivity contribution in [1.82, 2.24) is 4.90 Å². The quantitative estimate of drug-likeness (QED) is 0.769. The smallest absolute Gasteiger partial charge is 0.147 e. The molecule has 1 fully saturated rings. The number of sulfone groups is 1. The molecule has 1 heterocycles. The summed E-state index contributed by atoms with van der Waals surface area (Å²) in [5, 5.41) is 0. The van der Waals surface area contributed by atoms with E-state index in [9.17, 15) is 8.42 Å². The lowest BCUT2D eigenvalue weighted by atomic mass is 10.0. The van der Waals surface area contributed by atoms with Gasteiger partial charge in [-0.05, 0) is 19.9 Å². The number of rotatable bonds is 5. The molecule has 2 N–H and O–H groups in total.